The third-order valence-corrected chi connectivity index (χ3v) is 3.64. The first kappa shape index (κ1) is 13.0. The summed E-state index contributed by atoms with van der Waals surface area (Å²) in [6.45, 7) is 4.19. The maximum atomic E-state index is 13.6. The fourth-order valence-electron chi connectivity index (χ4n) is 2.06. The molecule has 0 aromatic heterocycles. The second-order valence-electron chi connectivity index (χ2n) is 4.81. The molecule has 1 unspecified atom stereocenters. The van der Waals surface area contributed by atoms with E-state index in [4.69, 9.17) is 4.74 Å². The van der Waals surface area contributed by atoms with Gasteiger partial charge in [0.25, 0.3) is 0 Å². The molecule has 17 heavy (non-hydrogen) atoms. The average Bonchev–Trinajstić information content (AvgIpc) is 2.31. The third kappa shape index (κ3) is 3.50. The number of nitrogens with one attached hydrogen (secondary N) is 1. The van der Waals surface area contributed by atoms with Crippen LogP contribution < -0.4 is 5.32 Å². The second kappa shape index (κ2) is 5.46. The molecular formula is C13H17BrFNO. The summed E-state index contributed by atoms with van der Waals surface area (Å²) in [4.78, 5) is 0. The Balaban J connectivity index is 1.99. The largest absolute Gasteiger partial charge is 0.380 e. The third-order valence-electron chi connectivity index (χ3n) is 3.15. The van der Waals surface area contributed by atoms with Crippen molar-refractivity contribution in [3.63, 3.8) is 0 Å². The molecule has 1 aliphatic rings. The molecule has 0 spiro atoms. The van der Waals surface area contributed by atoms with Gasteiger partial charge < -0.3 is 10.1 Å². The minimum atomic E-state index is -0.166. The zero-order valence-electron chi connectivity index (χ0n) is 9.93. The van der Waals surface area contributed by atoms with Crippen LogP contribution in [0.2, 0.25) is 0 Å². The van der Waals surface area contributed by atoms with Gasteiger partial charge in [0.2, 0.25) is 0 Å². The van der Waals surface area contributed by atoms with E-state index in [1.54, 1.807) is 6.07 Å². The minimum absolute atomic E-state index is 0.0347. The van der Waals surface area contributed by atoms with E-state index >= 15 is 0 Å². The van der Waals surface area contributed by atoms with Crippen LogP contribution in [0, 0.1) is 5.82 Å². The summed E-state index contributed by atoms with van der Waals surface area (Å²) in [6.07, 6.45) is 2.13. The Morgan fingerprint density at radius 2 is 2.35 bits per heavy atom. The predicted molar refractivity (Wildman–Crippen MR) is 69.4 cm³/mol. The molecule has 0 saturated carbocycles. The Hall–Kier alpha value is -0.450. The molecule has 1 aromatic rings. The van der Waals surface area contributed by atoms with Gasteiger partial charge in [0.05, 0.1) is 6.61 Å². The molecule has 1 heterocycles. The van der Waals surface area contributed by atoms with Crippen molar-refractivity contribution in [1.82, 2.24) is 5.32 Å². The summed E-state index contributed by atoms with van der Waals surface area (Å²) < 4.78 is 19.9. The van der Waals surface area contributed by atoms with Crippen molar-refractivity contribution >= 4 is 15.9 Å². The monoisotopic (exact) mass is 301 g/mol. The van der Waals surface area contributed by atoms with E-state index in [9.17, 15) is 4.39 Å². The van der Waals surface area contributed by atoms with Crippen LogP contribution in [0.5, 0.6) is 0 Å². The molecule has 0 amide bonds. The van der Waals surface area contributed by atoms with Crippen LogP contribution in [-0.2, 0) is 11.3 Å². The van der Waals surface area contributed by atoms with E-state index in [-0.39, 0.29) is 11.4 Å². The Bertz CT molecular complexity index is 391. The number of ether oxygens (including phenoxy) is 1. The molecule has 1 N–H and O–H groups in total. The summed E-state index contributed by atoms with van der Waals surface area (Å²) in [6, 6.07) is 5.01. The molecule has 1 fully saturated rings. The predicted octanol–water partition coefficient (Wildman–Crippen LogP) is 3.25. The first-order valence-corrected chi connectivity index (χ1v) is 6.65. The average molecular weight is 302 g/mol. The molecule has 0 bridgehead atoms. The van der Waals surface area contributed by atoms with Crippen molar-refractivity contribution in [2.75, 3.05) is 13.2 Å². The molecule has 0 aliphatic carbocycles. The van der Waals surface area contributed by atoms with Gasteiger partial charge in [-0.2, -0.15) is 0 Å². The van der Waals surface area contributed by atoms with Gasteiger partial charge in [-0.15, -0.1) is 0 Å². The van der Waals surface area contributed by atoms with E-state index in [0.29, 0.717) is 18.7 Å². The van der Waals surface area contributed by atoms with Gasteiger partial charge in [-0.05, 0) is 38.0 Å². The van der Waals surface area contributed by atoms with Crippen LogP contribution in [0.3, 0.4) is 0 Å². The van der Waals surface area contributed by atoms with Crippen molar-refractivity contribution < 1.29 is 9.13 Å². The zero-order valence-corrected chi connectivity index (χ0v) is 11.5. The van der Waals surface area contributed by atoms with Crippen molar-refractivity contribution in [3.8, 4) is 0 Å². The number of halogens is 2. The summed E-state index contributed by atoms with van der Waals surface area (Å²) >= 11 is 3.36. The van der Waals surface area contributed by atoms with Gasteiger partial charge in [0.1, 0.15) is 5.82 Å². The quantitative estimate of drug-likeness (QED) is 0.925. The molecule has 2 nitrogen and oxygen atoms in total. The summed E-state index contributed by atoms with van der Waals surface area (Å²) in [7, 11) is 0. The van der Waals surface area contributed by atoms with Crippen molar-refractivity contribution in [1.29, 1.82) is 0 Å². The first-order chi connectivity index (χ1) is 8.09. The van der Waals surface area contributed by atoms with Gasteiger partial charge in [0.15, 0.2) is 0 Å². The van der Waals surface area contributed by atoms with Gasteiger partial charge in [-0.25, -0.2) is 4.39 Å². The first-order valence-electron chi connectivity index (χ1n) is 5.86. The standard InChI is InChI=1S/C13H17BrFNO/c1-13(5-2-6-17-9-13)16-8-10-7-11(14)3-4-12(10)15/h3-4,7,16H,2,5-6,8-9H2,1H3. The highest BCUT2D eigenvalue weighted by Crippen LogP contribution is 2.20. The molecule has 1 aliphatic heterocycles. The van der Waals surface area contributed by atoms with E-state index in [1.807, 2.05) is 6.07 Å². The lowest BCUT2D eigenvalue weighted by Crippen LogP contribution is -2.48. The van der Waals surface area contributed by atoms with Crippen LogP contribution >= 0.6 is 15.9 Å². The highest BCUT2D eigenvalue weighted by molar-refractivity contribution is 9.10. The minimum Gasteiger partial charge on any atom is -0.380 e. The molecule has 2 rings (SSSR count). The lowest BCUT2D eigenvalue weighted by Gasteiger charge is -2.34. The topological polar surface area (TPSA) is 21.3 Å². The van der Waals surface area contributed by atoms with Crippen LogP contribution in [0.4, 0.5) is 4.39 Å². The Morgan fingerprint density at radius 3 is 3.06 bits per heavy atom. The smallest absolute Gasteiger partial charge is 0.127 e. The van der Waals surface area contributed by atoms with E-state index in [0.717, 1.165) is 23.9 Å². The fourth-order valence-corrected chi connectivity index (χ4v) is 2.47. The summed E-state index contributed by atoms with van der Waals surface area (Å²) in [5, 5.41) is 3.40. The summed E-state index contributed by atoms with van der Waals surface area (Å²) in [5.74, 6) is -0.166. The van der Waals surface area contributed by atoms with Crippen molar-refractivity contribution in [3.05, 3.63) is 34.1 Å². The Morgan fingerprint density at radius 1 is 1.53 bits per heavy atom. The lowest BCUT2D eigenvalue weighted by atomic mass is 9.94. The number of benzene rings is 1. The molecule has 1 saturated heterocycles. The van der Waals surface area contributed by atoms with Gasteiger partial charge in [0, 0.05) is 28.7 Å². The highest BCUT2D eigenvalue weighted by Gasteiger charge is 2.26. The molecular weight excluding hydrogens is 285 g/mol. The number of rotatable bonds is 3. The lowest BCUT2D eigenvalue weighted by molar-refractivity contribution is 0.0276. The van der Waals surface area contributed by atoms with Crippen molar-refractivity contribution in [2.45, 2.75) is 31.8 Å². The molecule has 1 aromatic carbocycles. The fraction of sp³-hybridized carbons (Fsp3) is 0.538. The maximum Gasteiger partial charge on any atom is 0.127 e. The molecule has 0 radical (unpaired) electrons. The van der Waals surface area contributed by atoms with Crippen LogP contribution in [0.15, 0.2) is 22.7 Å². The van der Waals surface area contributed by atoms with E-state index in [2.05, 4.69) is 28.2 Å². The maximum absolute atomic E-state index is 13.6. The van der Waals surface area contributed by atoms with Gasteiger partial charge >= 0.3 is 0 Å². The van der Waals surface area contributed by atoms with Gasteiger partial charge in [-0.3, -0.25) is 0 Å². The van der Waals surface area contributed by atoms with Gasteiger partial charge in [-0.1, -0.05) is 15.9 Å². The van der Waals surface area contributed by atoms with E-state index < -0.39 is 0 Å². The highest BCUT2D eigenvalue weighted by atomic mass is 79.9. The van der Waals surface area contributed by atoms with Crippen molar-refractivity contribution in [2.24, 2.45) is 0 Å². The van der Waals surface area contributed by atoms with E-state index in [1.165, 1.54) is 6.07 Å². The molecule has 4 heteroatoms. The SMILES string of the molecule is CC1(NCc2cc(Br)ccc2F)CCCOC1. The zero-order chi connectivity index (χ0) is 12.3. The van der Waals surface area contributed by atoms with Crippen LogP contribution in [-0.4, -0.2) is 18.8 Å². The molecule has 94 valence electrons. The van der Waals surface area contributed by atoms with Crippen LogP contribution in [0.1, 0.15) is 25.3 Å². The number of hydrogen-bond donors (Lipinski definition) is 1. The Labute approximate surface area is 110 Å². The van der Waals surface area contributed by atoms with Crippen LogP contribution in [0.25, 0.3) is 0 Å². The number of hydrogen-bond acceptors (Lipinski definition) is 2. The molecule has 1 atom stereocenters. The Kier molecular flexibility index (Phi) is 4.17. The normalized spacial score (nSPS) is 24.9. The second-order valence-corrected chi connectivity index (χ2v) is 5.72. The summed E-state index contributed by atoms with van der Waals surface area (Å²) in [5.41, 5.74) is 0.652.